The van der Waals surface area contributed by atoms with Gasteiger partial charge in [-0.1, -0.05) is 6.07 Å². The molecule has 27 heavy (non-hydrogen) atoms. The topological polar surface area (TPSA) is 61.2 Å². The summed E-state index contributed by atoms with van der Waals surface area (Å²) in [4.78, 5) is 35.8. The van der Waals surface area contributed by atoms with Crippen LogP contribution in [0.4, 0.5) is 0 Å². The number of aromatic nitrogens is 2. The first kappa shape index (κ1) is 18.1. The van der Waals surface area contributed by atoms with Gasteiger partial charge in [0.2, 0.25) is 5.91 Å². The number of hydrogen-bond acceptors (Lipinski definition) is 5. The fourth-order valence-corrected chi connectivity index (χ4v) is 4.39. The van der Waals surface area contributed by atoms with Crippen molar-refractivity contribution in [2.45, 2.75) is 31.3 Å². The minimum atomic E-state index is -0.0406. The number of carbonyl (C=O) groups is 1. The third-order valence-corrected chi connectivity index (χ3v) is 6.23. The normalized spacial score (nSPS) is 25.3. The summed E-state index contributed by atoms with van der Waals surface area (Å²) >= 11 is 0. The molecule has 144 valence electrons. The molecule has 0 saturated carbocycles. The van der Waals surface area contributed by atoms with Crippen molar-refractivity contribution in [1.82, 2.24) is 24.1 Å². The Labute approximate surface area is 159 Å². The highest BCUT2D eigenvalue weighted by Gasteiger charge is 2.41. The van der Waals surface area contributed by atoms with Crippen LogP contribution in [0.1, 0.15) is 25.0 Å². The molecule has 4 rings (SSSR count). The van der Waals surface area contributed by atoms with Crippen LogP contribution in [0, 0.1) is 0 Å². The Hall–Kier alpha value is -2.25. The minimum Gasteiger partial charge on any atom is -0.346 e. The first-order valence-electron chi connectivity index (χ1n) is 9.62. The predicted molar refractivity (Wildman–Crippen MR) is 104 cm³/mol. The van der Waals surface area contributed by atoms with Gasteiger partial charge in [-0.25, -0.2) is 4.98 Å². The van der Waals surface area contributed by atoms with Gasteiger partial charge in [0, 0.05) is 64.0 Å². The molecule has 1 spiro atoms. The number of pyridine rings is 1. The number of carbonyl (C=O) groups excluding carboxylic acids is 1. The van der Waals surface area contributed by atoms with Crippen molar-refractivity contribution in [3.63, 3.8) is 0 Å². The Morgan fingerprint density at radius 2 is 1.96 bits per heavy atom. The van der Waals surface area contributed by atoms with Gasteiger partial charge in [0.25, 0.3) is 5.56 Å². The van der Waals surface area contributed by atoms with Crippen molar-refractivity contribution in [2.75, 3.05) is 40.3 Å². The van der Waals surface area contributed by atoms with Crippen molar-refractivity contribution in [3.05, 3.63) is 46.5 Å². The summed E-state index contributed by atoms with van der Waals surface area (Å²) < 4.78 is 1.57. The molecule has 2 aliphatic heterocycles. The zero-order valence-corrected chi connectivity index (χ0v) is 16.1. The summed E-state index contributed by atoms with van der Waals surface area (Å²) in [5.74, 6) is 0.238. The lowest BCUT2D eigenvalue weighted by molar-refractivity contribution is -0.129. The molecule has 4 heterocycles. The lowest BCUT2D eigenvalue weighted by Crippen LogP contribution is -2.60. The summed E-state index contributed by atoms with van der Waals surface area (Å²) in [5.41, 5.74) is 1.48. The monoisotopic (exact) mass is 369 g/mol. The van der Waals surface area contributed by atoms with E-state index in [1.54, 1.807) is 16.7 Å². The van der Waals surface area contributed by atoms with Crippen molar-refractivity contribution >= 4 is 11.6 Å². The van der Waals surface area contributed by atoms with Gasteiger partial charge >= 0.3 is 0 Å². The number of amides is 1. The van der Waals surface area contributed by atoms with Crippen molar-refractivity contribution in [3.8, 4) is 0 Å². The SMILES string of the molecule is CN1CC[C@@]2(CCC1=O)CN(Cc1cc(=O)n3ccccc3n1)CCN2C. The molecule has 7 heteroatoms. The quantitative estimate of drug-likeness (QED) is 0.785. The molecule has 7 nitrogen and oxygen atoms in total. The molecule has 1 amide bonds. The first-order valence-corrected chi connectivity index (χ1v) is 9.62. The molecular weight excluding hydrogens is 342 g/mol. The van der Waals surface area contributed by atoms with E-state index in [4.69, 9.17) is 0 Å². The molecule has 2 aromatic rings. The van der Waals surface area contributed by atoms with E-state index in [-0.39, 0.29) is 17.0 Å². The fraction of sp³-hybridized carbons (Fsp3) is 0.550. The van der Waals surface area contributed by atoms with Gasteiger partial charge in [-0.2, -0.15) is 0 Å². The second-order valence-electron chi connectivity index (χ2n) is 7.94. The maximum absolute atomic E-state index is 12.4. The molecule has 2 aliphatic rings. The summed E-state index contributed by atoms with van der Waals surface area (Å²) in [6.45, 7) is 4.27. The molecule has 0 radical (unpaired) electrons. The van der Waals surface area contributed by atoms with Crippen LogP contribution in [0.25, 0.3) is 5.65 Å². The molecule has 2 aromatic heterocycles. The first-order chi connectivity index (χ1) is 13.0. The second kappa shape index (κ2) is 7.05. The van der Waals surface area contributed by atoms with Gasteiger partial charge in [-0.05, 0) is 32.0 Å². The van der Waals surface area contributed by atoms with Crippen molar-refractivity contribution in [2.24, 2.45) is 0 Å². The lowest BCUT2D eigenvalue weighted by atomic mass is 9.86. The van der Waals surface area contributed by atoms with Crippen molar-refractivity contribution < 1.29 is 4.79 Å². The minimum absolute atomic E-state index is 0.0184. The number of likely N-dealkylation sites (N-methyl/N-ethyl adjacent to an activating group) is 1. The molecule has 0 unspecified atom stereocenters. The van der Waals surface area contributed by atoms with Crippen LogP contribution in [0.3, 0.4) is 0 Å². The maximum Gasteiger partial charge on any atom is 0.258 e. The van der Waals surface area contributed by atoms with Gasteiger partial charge in [-0.15, -0.1) is 0 Å². The van der Waals surface area contributed by atoms with E-state index < -0.39 is 0 Å². The largest absolute Gasteiger partial charge is 0.346 e. The number of rotatable bonds is 2. The Morgan fingerprint density at radius 1 is 1.11 bits per heavy atom. The highest BCUT2D eigenvalue weighted by molar-refractivity contribution is 5.76. The van der Waals surface area contributed by atoms with Crippen molar-refractivity contribution in [1.29, 1.82) is 0 Å². The van der Waals surface area contributed by atoms with E-state index in [9.17, 15) is 9.59 Å². The molecule has 0 bridgehead atoms. The number of hydrogen-bond donors (Lipinski definition) is 0. The van der Waals surface area contributed by atoms with Crippen LogP contribution in [0.5, 0.6) is 0 Å². The van der Waals surface area contributed by atoms with E-state index in [2.05, 4.69) is 21.8 Å². The summed E-state index contributed by atoms with van der Waals surface area (Å²) in [7, 11) is 4.07. The smallest absolute Gasteiger partial charge is 0.258 e. The van der Waals surface area contributed by atoms with Gasteiger partial charge in [-0.3, -0.25) is 23.8 Å². The van der Waals surface area contributed by atoms with Gasteiger partial charge in [0.15, 0.2) is 0 Å². The lowest BCUT2D eigenvalue weighted by Gasteiger charge is -2.49. The van der Waals surface area contributed by atoms with Crippen LogP contribution < -0.4 is 5.56 Å². The maximum atomic E-state index is 12.4. The zero-order chi connectivity index (χ0) is 19.0. The van der Waals surface area contributed by atoms with Crippen LogP contribution in [0.15, 0.2) is 35.3 Å². The number of fused-ring (bicyclic) bond motifs is 1. The summed E-state index contributed by atoms with van der Waals surface area (Å²) in [5, 5.41) is 0. The average molecular weight is 369 g/mol. The molecule has 2 saturated heterocycles. The van der Waals surface area contributed by atoms with Gasteiger partial charge in [0.1, 0.15) is 5.65 Å². The highest BCUT2D eigenvalue weighted by atomic mass is 16.2. The molecule has 2 fully saturated rings. The summed E-state index contributed by atoms with van der Waals surface area (Å²) in [6.07, 6.45) is 4.22. The third kappa shape index (κ3) is 3.49. The summed E-state index contributed by atoms with van der Waals surface area (Å²) in [6, 6.07) is 7.24. The third-order valence-electron chi connectivity index (χ3n) is 6.23. The van der Waals surface area contributed by atoms with E-state index in [0.29, 0.717) is 18.6 Å². The molecule has 1 atom stereocenters. The number of likely N-dealkylation sites (tertiary alicyclic amines) is 1. The van der Waals surface area contributed by atoms with E-state index in [1.807, 2.05) is 30.1 Å². The van der Waals surface area contributed by atoms with Crippen LogP contribution in [-0.4, -0.2) is 75.8 Å². The fourth-order valence-electron chi connectivity index (χ4n) is 4.39. The van der Waals surface area contributed by atoms with Gasteiger partial charge in [0.05, 0.1) is 5.69 Å². The molecule has 0 aliphatic carbocycles. The molecule has 0 aromatic carbocycles. The number of nitrogens with zero attached hydrogens (tertiary/aromatic N) is 5. The molecule has 0 N–H and O–H groups in total. The van der Waals surface area contributed by atoms with Crippen LogP contribution in [-0.2, 0) is 11.3 Å². The molecular formula is C20H27N5O2. The van der Waals surface area contributed by atoms with E-state index in [1.165, 1.54) is 0 Å². The average Bonchev–Trinajstić information content (AvgIpc) is 2.80. The van der Waals surface area contributed by atoms with Gasteiger partial charge < -0.3 is 4.90 Å². The Kier molecular flexibility index (Phi) is 4.74. The highest BCUT2D eigenvalue weighted by Crippen LogP contribution is 2.32. The Morgan fingerprint density at radius 3 is 2.81 bits per heavy atom. The second-order valence-corrected chi connectivity index (χ2v) is 7.94. The Balaban J connectivity index is 1.55. The number of piperazine rings is 1. The zero-order valence-electron chi connectivity index (χ0n) is 16.1. The predicted octanol–water partition coefficient (Wildman–Crippen LogP) is 0.823. The van der Waals surface area contributed by atoms with Crippen LogP contribution >= 0.6 is 0 Å². The van der Waals surface area contributed by atoms with E-state index >= 15 is 0 Å². The standard InChI is InChI=1S/C20H27N5O2/c1-22-10-8-20(7-6-18(22)26)15-24(12-11-23(20)2)14-16-13-19(27)25-9-4-3-5-17(25)21-16/h3-5,9,13H,6-8,10-12,14-15H2,1-2H3/t20-/m0/s1. The van der Waals surface area contributed by atoms with E-state index in [0.717, 1.165) is 44.7 Å². The van der Waals surface area contributed by atoms with Crippen LogP contribution in [0.2, 0.25) is 0 Å². The Bertz CT molecular complexity index is 911.